The monoisotopic (exact) mass is 324 g/mol. The summed E-state index contributed by atoms with van der Waals surface area (Å²) in [7, 11) is 0. The van der Waals surface area contributed by atoms with Gasteiger partial charge in [0.25, 0.3) is 0 Å². The largest absolute Gasteiger partial charge is 0.324 e. The van der Waals surface area contributed by atoms with E-state index in [0.717, 1.165) is 28.5 Å². The Bertz CT molecular complexity index is 900. The van der Waals surface area contributed by atoms with E-state index in [4.69, 9.17) is 22.3 Å². The molecule has 3 heterocycles. The molecule has 0 saturated carbocycles. The average molecular weight is 325 g/mol. The van der Waals surface area contributed by atoms with E-state index in [1.165, 1.54) is 0 Å². The Balaban J connectivity index is 2.00. The number of fused-ring (bicyclic) bond motifs is 3. The van der Waals surface area contributed by atoms with Crippen LogP contribution in [0.15, 0.2) is 47.6 Å². The maximum Gasteiger partial charge on any atom is 0.159 e. The van der Waals surface area contributed by atoms with Crippen molar-refractivity contribution in [1.29, 1.82) is 0 Å². The van der Waals surface area contributed by atoms with Gasteiger partial charge in [0.2, 0.25) is 0 Å². The van der Waals surface area contributed by atoms with Crippen LogP contribution in [0.2, 0.25) is 5.02 Å². The molecule has 4 rings (SSSR count). The van der Waals surface area contributed by atoms with E-state index in [0.29, 0.717) is 23.9 Å². The fourth-order valence-corrected chi connectivity index (χ4v) is 2.89. The van der Waals surface area contributed by atoms with Gasteiger partial charge in [-0.3, -0.25) is 14.5 Å². The zero-order chi connectivity index (χ0) is 15.8. The third kappa shape index (κ3) is 2.32. The van der Waals surface area contributed by atoms with Crippen molar-refractivity contribution in [1.82, 2.24) is 19.7 Å². The number of pyridine rings is 1. The van der Waals surface area contributed by atoms with Crippen LogP contribution in [-0.2, 0) is 13.1 Å². The number of nitrogens with zero attached hydrogens (tertiary/aromatic N) is 5. The van der Waals surface area contributed by atoms with Crippen molar-refractivity contribution < 1.29 is 0 Å². The first-order chi connectivity index (χ1) is 11.3. The molecule has 3 aromatic rings. The van der Waals surface area contributed by atoms with Gasteiger partial charge in [-0.15, -0.1) is 10.2 Å². The second kappa shape index (κ2) is 5.57. The lowest BCUT2D eigenvalue weighted by Gasteiger charge is -2.13. The molecule has 0 fully saturated rings. The van der Waals surface area contributed by atoms with Crippen LogP contribution in [0.5, 0.6) is 0 Å². The smallest absolute Gasteiger partial charge is 0.159 e. The van der Waals surface area contributed by atoms with Gasteiger partial charge in [0.15, 0.2) is 11.6 Å². The standard InChI is InChI=1S/C16H13ClN6/c17-10-4-5-13-11(7-10)16(12-3-1-2-6-19-12)20-9-15-22-21-14(8-18)23(13)15/h1-7H,8-9,18H2. The van der Waals surface area contributed by atoms with E-state index in [1.807, 2.05) is 41.0 Å². The van der Waals surface area contributed by atoms with Gasteiger partial charge < -0.3 is 5.73 Å². The molecule has 0 atom stereocenters. The van der Waals surface area contributed by atoms with Gasteiger partial charge in [-0.2, -0.15) is 0 Å². The predicted molar refractivity (Wildman–Crippen MR) is 87.8 cm³/mol. The Morgan fingerprint density at radius 3 is 2.87 bits per heavy atom. The maximum atomic E-state index is 6.22. The van der Waals surface area contributed by atoms with E-state index in [-0.39, 0.29) is 0 Å². The van der Waals surface area contributed by atoms with Crippen molar-refractivity contribution in [3.8, 4) is 5.69 Å². The summed E-state index contributed by atoms with van der Waals surface area (Å²) in [6.07, 6.45) is 1.75. The molecule has 1 aliphatic heterocycles. The minimum absolute atomic E-state index is 0.300. The summed E-state index contributed by atoms with van der Waals surface area (Å²) >= 11 is 6.22. The van der Waals surface area contributed by atoms with Crippen LogP contribution >= 0.6 is 11.6 Å². The number of hydrogen-bond donors (Lipinski definition) is 1. The number of nitrogens with two attached hydrogens (primary N) is 1. The molecule has 0 radical (unpaired) electrons. The molecule has 0 bridgehead atoms. The minimum atomic E-state index is 0.300. The third-order valence-corrected chi connectivity index (χ3v) is 3.96. The number of aliphatic imine (C=N–C) groups is 1. The van der Waals surface area contributed by atoms with Crippen molar-refractivity contribution in [2.45, 2.75) is 13.1 Å². The van der Waals surface area contributed by atoms with E-state index in [9.17, 15) is 0 Å². The predicted octanol–water partition coefficient (Wildman–Crippen LogP) is 2.13. The minimum Gasteiger partial charge on any atom is -0.324 e. The molecule has 1 aliphatic rings. The molecule has 0 unspecified atom stereocenters. The first-order valence-corrected chi connectivity index (χ1v) is 7.55. The second-order valence-corrected chi connectivity index (χ2v) is 5.55. The summed E-state index contributed by atoms with van der Waals surface area (Å²) < 4.78 is 1.95. The van der Waals surface area contributed by atoms with Crippen LogP contribution < -0.4 is 5.73 Å². The molecule has 6 nitrogen and oxygen atoms in total. The molecule has 0 aliphatic carbocycles. The molecule has 0 spiro atoms. The van der Waals surface area contributed by atoms with Crippen LogP contribution in [0.3, 0.4) is 0 Å². The summed E-state index contributed by atoms with van der Waals surface area (Å²) in [4.78, 5) is 9.11. The topological polar surface area (TPSA) is 82.0 Å². The Kier molecular flexibility index (Phi) is 3.40. The quantitative estimate of drug-likeness (QED) is 0.783. The van der Waals surface area contributed by atoms with E-state index in [2.05, 4.69) is 15.2 Å². The average Bonchev–Trinajstić information content (AvgIpc) is 2.92. The third-order valence-electron chi connectivity index (χ3n) is 3.72. The van der Waals surface area contributed by atoms with Crippen LogP contribution in [0.1, 0.15) is 22.9 Å². The van der Waals surface area contributed by atoms with Crippen molar-refractivity contribution >= 4 is 17.3 Å². The molecular formula is C16H13ClN6. The Morgan fingerprint density at radius 2 is 2.09 bits per heavy atom. The molecule has 7 heteroatoms. The molecule has 0 saturated heterocycles. The van der Waals surface area contributed by atoms with Gasteiger partial charge in [-0.25, -0.2) is 0 Å². The van der Waals surface area contributed by atoms with Gasteiger partial charge in [-0.1, -0.05) is 17.7 Å². The number of rotatable bonds is 2. The van der Waals surface area contributed by atoms with Gasteiger partial charge in [0.1, 0.15) is 6.54 Å². The fourth-order valence-electron chi connectivity index (χ4n) is 2.72. The van der Waals surface area contributed by atoms with Crippen LogP contribution in [-0.4, -0.2) is 25.5 Å². The zero-order valence-corrected chi connectivity index (χ0v) is 12.9. The number of benzene rings is 1. The maximum absolute atomic E-state index is 6.22. The molecule has 2 N–H and O–H groups in total. The number of halogens is 1. The molecular weight excluding hydrogens is 312 g/mol. The number of aromatic nitrogens is 4. The first kappa shape index (κ1) is 14.0. The Labute approximate surface area is 137 Å². The normalized spacial score (nSPS) is 13.0. The van der Waals surface area contributed by atoms with Crippen LogP contribution in [0.25, 0.3) is 5.69 Å². The summed E-state index contributed by atoms with van der Waals surface area (Å²) in [5.74, 6) is 1.45. The highest BCUT2D eigenvalue weighted by atomic mass is 35.5. The van der Waals surface area contributed by atoms with E-state index in [1.54, 1.807) is 6.20 Å². The Hall–Kier alpha value is -2.57. The Morgan fingerprint density at radius 1 is 1.17 bits per heavy atom. The second-order valence-electron chi connectivity index (χ2n) is 5.11. The summed E-state index contributed by atoms with van der Waals surface area (Å²) in [6, 6.07) is 11.4. The first-order valence-electron chi connectivity index (χ1n) is 7.17. The van der Waals surface area contributed by atoms with Crippen molar-refractivity contribution in [2.24, 2.45) is 10.7 Å². The lowest BCUT2D eigenvalue weighted by atomic mass is 10.0. The van der Waals surface area contributed by atoms with Gasteiger partial charge in [0.05, 0.1) is 23.6 Å². The fraction of sp³-hybridized carbons (Fsp3) is 0.125. The van der Waals surface area contributed by atoms with Gasteiger partial charge >= 0.3 is 0 Å². The molecule has 0 amide bonds. The molecule has 114 valence electrons. The zero-order valence-electron chi connectivity index (χ0n) is 12.1. The summed E-state index contributed by atoms with van der Waals surface area (Å²) in [5.41, 5.74) is 9.19. The summed E-state index contributed by atoms with van der Waals surface area (Å²) in [6.45, 7) is 0.708. The van der Waals surface area contributed by atoms with E-state index < -0.39 is 0 Å². The molecule has 23 heavy (non-hydrogen) atoms. The van der Waals surface area contributed by atoms with Crippen LogP contribution in [0, 0.1) is 0 Å². The van der Waals surface area contributed by atoms with Gasteiger partial charge in [0, 0.05) is 16.8 Å². The van der Waals surface area contributed by atoms with Crippen molar-refractivity contribution in [2.75, 3.05) is 0 Å². The lowest BCUT2D eigenvalue weighted by Crippen LogP contribution is -2.12. The molecule has 2 aromatic heterocycles. The highest BCUT2D eigenvalue weighted by Crippen LogP contribution is 2.27. The molecule has 1 aromatic carbocycles. The SMILES string of the molecule is NCc1nnc2n1-c1ccc(Cl)cc1C(c1ccccn1)=NC2. The summed E-state index contributed by atoms with van der Waals surface area (Å²) in [5, 5.41) is 8.99. The lowest BCUT2D eigenvalue weighted by molar-refractivity contribution is 0.828. The van der Waals surface area contributed by atoms with E-state index >= 15 is 0 Å². The van der Waals surface area contributed by atoms with Crippen LogP contribution in [0.4, 0.5) is 0 Å². The highest BCUT2D eigenvalue weighted by molar-refractivity contribution is 6.31. The van der Waals surface area contributed by atoms with Crippen molar-refractivity contribution in [3.05, 3.63) is 70.5 Å². The highest BCUT2D eigenvalue weighted by Gasteiger charge is 2.23. The van der Waals surface area contributed by atoms with Crippen molar-refractivity contribution in [3.63, 3.8) is 0 Å². The number of hydrogen-bond acceptors (Lipinski definition) is 5. The van der Waals surface area contributed by atoms with Gasteiger partial charge in [-0.05, 0) is 30.3 Å².